The maximum Gasteiger partial charge on any atom is 0.406 e. The van der Waals surface area contributed by atoms with E-state index in [0.717, 1.165) is 16.3 Å². The van der Waals surface area contributed by atoms with Crippen molar-refractivity contribution in [2.45, 2.75) is 31.1 Å². The Bertz CT molecular complexity index is 603. The van der Waals surface area contributed by atoms with Gasteiger partial charge in [0.25, 0.3) is 0 Å². The maximum atomic E-state index is 12.8. The molecule has 0 unspecified atom stereocenters. The van der Waals surface area contributed by atoms with Gasteiger partial charge in [-0.15, -0.1) is 0 Å². The van der Waals surface area contributed by atoms with E-state index in [-0.39, 0.29) is 19.4 Å². The molecular weight excluding hydrogens is 253 g/mol. The lowest BCUT2D eigenvalue weighted by Crippen LogP contribution is -2.44. The molecule has 1 aliphatic rings. The number of benzene rings is 1. The summed E-state index contributed by atoms with van der Waals surface area (Å²) in [5.41, 5.74) is -0.797. The van der Waals surface area contributed by atoms with Crippen LogP contribution in [-0.2, 0) is 6.54 Å². The highest BCUT2D eigenvalue weighted by atomic mass is 19.4. The largest absolute Gasteiger partial charge is 0.406 e. The van der Waals surface area contributed by atoms with E-state index in [4.69, 9.17) is 0 Å². The zero-order valence-electron chi connectivity index (χ0n) is 10.2. The van der Waals surface area contributed by atoms with Gasteiger partial charge >= 0.3 is 6.18 Å². The fraction of sp³-hybridized carbons (Fsp3) is 0.357. The maximum absolute atomic E-state index is 12.8. The molecule has 1 aliphatic carbocycles. The molecular formula is C14H13F3N2. The van der Waals surface area contributed by atoms with Gasteiger partial charge in [0, 0.05) is 24.3 Å². The van der Waals surface area contributed by atoms with Crippen LogP contribution in [0.15, 0.2) is 36.7 Å². The average Bonchev–Trinajstić information content (AvgIpc) is 3.17. The van der Waals surface area contributed by atoms with Crippen LogP contribution >= 0.6 is 0 Å². The second kappa shape index (κ2) is 4.20. The molecule has 100 valence electrons. The molecule has 0 aliphatic heterocycles. The van der Waals surface area contributed by atoms with Gasteiger partial charge < -0.3 is 0 Å². The van der Waals surface area contributed by atoms with Gasteiger partial charge in [0.15, 0.2) is 0 Å². The summed E-state index contributed by atoms with van der Waals surface area (Å²) in [6.45, 7) is 0.234. The Morgan fingerprint density at radius 2 is 1.95 bits per heavy atom. The number of alkyl halides is 3. The van der Waals surface area contributed by atoms with E-state index in [1.165, 1.54) is 0 Å². The first-order valence-electron chi connectivity index (χ1n) is 6.15. The van der Waals surface area contributed by atoms with E-state index >= 15 is 0 Å². The highest BCUT2D eigenvalue weighted by Crippen LogP contribution is 2.49. The summed E-state index contributed by atoms with van der Waals surface area (Å²) < 4.78 is 38.3. The van der Waals surface area contributed by atoms with E-state index in [9.17, 15) is 13.2 Å². The third kappa shape index (κ3) is 2.30. The van der Waals surface area contributed by atoms with Gasteiger partial charge in [-0.1, -0.05) is 12.1 Å². The second-order valence-electron chi connectivity index (χ2n) is 4.99. The van der Waals surface area contributed by atoms with Crippen LogP contribution in [0, 0.1) is 0 Å². The normalized spacial score (nSPS) is 17.6. The van der Waals surface area contributed by atoms with Crippen LogP contribution < -0.4 is 5.32 Å². The number of halogens is 3. The number of nitrogens with zero attached hydrogens (tertiary/aromatic N) is 1. The number of nitrogens with one attached hydrogen (secondary N) is 1. The summed E-state index contributed by atoms with van der Waals surface area (Å²) in [6.07, 6.45) is -0.391. The van der Waals surface area contributed by atoms with E-state index in [1.54, 1.807) is 12.4 Å². The quantitative estimate of drug-likeness (QED) is 0.920. The van der Waals surface area contributed by atoms with Gasteiger partial charge in [-0.2, -0.15) is 13.2 Å². The molecule has 1 heterocycles. The Balaban J connectivity index is 1.76. The van der Waals surface area contributed by atoms with Crippen molar-refractivity contribution < 1.29 is 13.2 Å². The second-order valence-corrected chi connectivity index (χ2v) is 4.99. The Labute approximate surface area is 108 Å². The fourth-order valence-corrected chi connectivity index (χ4v) is 2.20. The molecule has 1 saturated carbocycles. The lowest BCUT2D eigenvalue weighted by Gasteiger charge is -2.20. The number of aromatic nitrogens is 1. The van der Waals surface area contributed by atoms with E-state index in [2.05, 4.69) is 10.3 Å². The van der Waals surface area contributed by atoms with Crippen LogP contribution in [0.3, 0.4) is 0 Å². The highest BCUT2D eigenvalue weighted by Gasteiger charge is 2.62. The number of hydrogen-bond donors (Lipinski definition) is 1. The van der Waals surface area contributed by atoms with Crippen LogP contribution in [0.1, 0.15) is 18.4 Å². The van der Waals surface area contributed by atoms with Crippen molar-refractivity contribution in [3.63, 3.8) is 0 Å². The van der Waals surface area contributed by atoms with Gasteiger partial charge in [-0.3, -0.25) is 10.3 Å². The van der Waals surface area contributed by atoms with Gasteiger partial charge in [0.2, 0.25) is 0 Å². The number of rotatable bonds is 3. The molecule has 19 heavy (non-hydrogen) atoms. The molecule has 0 atom stereocenters. The third-order valence-corrected chi connectivity index (χ3v) is 3.63. The molecule has 0 radical (unpaired) electrons. The first kappa shape index (κ1) is 12.4. The van der Waals surface area contributed by atoms with Crippen LogP contribution in [0.4, 0.5) is 13.2 Å². The van der Waals surface area contributed by atoms with Crippen molar-refractivity contribution in [1.82, 2.24) is 10.3 Å². The first-order chi connectivity index (χ1) is 9.00. The molecule has 1 aromatic carbocycles. The average molecular weight is 266 g/mol. The minimum Gasteiger partial charge on any atom is -0.299 e. The van der Waals surface area contributed by atoms with Gasteiger partial charge in [-0.05, 0) is 35.9 Å². The van der Waals surface area contributed by atoms with Crippen LogP contribution in [0.5, 0.6) is 0 Å². The van der Waals surface area contributed by atoms with E-state index < -0.39 is 11.7 Å². The lowest BCUT2D eigenvalue weighted by molar-refractivity contribution is -0.166. The minimum atomic E-state index is -4.16. The Hall–Kier alpha value is -1.62. The Morgan fingerprint density at radius 1 is 1.16 bits per heavy atom. The molecule has 0 spiro atoms. The molecule has 5 heteroatoms. The van der Waals surface area contributed by atoms with Crippen molar-refractivity contribution in [3.8, 4) is 0 Å². The topological polar surface area (TPSA) is 24.9 Å². The summed E-state index contributed by atoms with van der Waals surface area (Å²) in [6, 6.07) is 7.47. The van der Waals surface area contributed by atoms with Crippen molar-refractivity contribution in [2.24, 2.45) is 0 Å². The molecule has 1 fully saturated rings. The van der Waals surface area contributed by atoms with Gasteiger partial charge in [0.05, 0.1) is 0 Å². The molecule has 0 saturated heterocycles. The zero-order valence-corrected chi connectivity index (χ0v) is 10.2. The smallest absolute Gasteiger partial charge is 0.299 e. The van der Waals surface area contributed by atoms with E-state index in [0.29, 0.717) is 0 Å². The van der Waals surface area contributed by atoms with Crippen LogP contribution in [0.2, 0.25) is 0 Å². The van der Waals surface area contributed by atoms with Crippen LogP contribution in [0.25, 0.3) is 10.8 Å². The third-order valence-electron chi connectivity index (χ3n) is 3.63. The van der Waals surface area contributed by atoms with Crippen molar-refractivity contribution in [3.05, 3.63) is 42.2 Å². The number of pyridine rings is 1. The van der Waals surface area contributed by atoms with Crippen LogP contribution in [-0.4, -0.2) is 16.7 Å². The van der Waals surface area contributed by atoms with Gasteiger partial charge in [-0.25, -0.2) is 0 Å². The molecule has 0 amide bonds. The van der Waals surface area contributed by atoms with Crippen molar-refractivity contribution >= 4 is 10.8 Å². The number of hydrogen-bond acceptors (Lipinski definition) is 2. The number of fused-ring (bicyclic) bond motifs is 1. The van der Waals surface area contributed by atoms with Crippen molar-refractivity contribution in [1.29, 1.82) is 0 Å². The molecule has 1 aromatic heterocycles. The first-order valence-corrected chi connectivity index (χ1v) is 6.15. The molecule has 1 N–H and O–H groups in total. The molecule has 2 aromatic rings. The lowest BCUT2D eigenvalue weighted by atomic mass is 10.1. The summed E-state index contributed by atoms with van der Waals surface area (Å²) in [4.78, 5) is 4.01. The standard InChI is InChI=1S/C14H13F3N2/c15-14(16,17)13(4-5-13)19-8-10-1-2-12-9-18-6-3-11(12)7-10/h1-3,6-7,9,19H,4-5,8H2. The highest BCUT2D eigenvalue weighted by molar-refractivity contribution is 5.81. The predicted octanol–water partition coefficient (Wildman–Crippen LogP) is 3.42. The minimum absolute atomic E-state index is 0.175. The fourth-order valence-electron chi connectivity index (χ4n) is 2.20. The summed E-state index contributed by atoms with van der Waals surface area (Å²) >= 11 is 0. The molecule has 0 bridgehead atoms. The van der Waals surface area contributed by atoms with Crippen molar-refractivity contribution in [2.75, 3.05) is 0 Å². The Morgan fingerprint density at radius 3 is 2.63 bits per heavy atom. The molecule has 2 nitrogen and oxygen atoms in total. The Kier molecular flexibility index (Phi) is 2.74. The summed E-state index contributed by atoms with van der Waals surface area (Å²) in [5.74, 6) is 0. The van der Waals surface area contributed by atoms with Gasteiger partial charge in [0.1, 0.15) is 5.54 Å². The monoisotopic (exact) mass is 266 g/mol. The van der Waals surface area contributed by atoms with E-state index in [1.807, 2.05) is 24.3 Å². The zero-order chi connectivity index (χ0) is 13.5. The molecule has 3 rings (SSSR count). The predicted molar refractivity (Wildman–Crippen MR) is 66.6 cm³/mol. The summed E-state index contributed by atoms with van der Waals surface area (Å²) in [5, 5.41) is 4.63. The summed E-state index contributed by atoms with van der Waals surface area (Å²) in [7, 11) is 0. The SMILES string of the molecule is FC(F)(F)C1(NCc2ccc3cnccc3c2)CC1.